The van der Waals surface area contributed by atoms with E-state index in [1.807, 2.05) is 0 Å². The summed E-state index contributed by atoms with van der Waals surface area (Å²) in [4.78, 5) is 10.7. The highest BCUT2D eigenvalue weighted by atomic mass is 16.4. The normalized spacial score (nSPS) is 15.4. The third-order valence-corrected chi connectivity index (χ3v) is 2.00. The zero-order chi connectivity index (χ0) is 10.2. The lowest BCUT2D eigenvalue weighted by atomic mass is 10.00. The number of aromatic nitrogens is 2. The minimum atomic E-state index is -1.88. The fraction of sp³-hybridized carbons (Fsp3) is 0.500. The smallest absolute Gasteiger partial charge is 0.341 e. The van der Waals surface area contributed by atoms with Crippen molar-refractivity contribution in [2.24, 2.45) is 7.05 Å². The first-order valence-electron chi connectivity index (χ1n) is 3.82. The van der Waals surface area contributed by atoms with Crippen LogP contribution in [0.3, 0.4) is 0 Å². The van der Waals surface area contributed by atoms with Crippen LogP contribution in [0.4, 0.5) is 0 Å². The van der Waals surface area contributed by atoms with Crippen molar-refractivity contribution in [2.75, 3.05) is 0 Å². The first kappa shape index (κ1) is 9.73. The Hall–Kier alpha value is -1.36. The molecule has 0 saturated heterocycles. The van der Waals surface area contributed by atoms with Gasteiger partial charge in [0.15, 0.2) is 0 Å². The van der Waals surface area contributed by atoms with Crippen LogP contribution in [0.1, 0.15) is 18.2 Å². The number of hydrogen-bond donors (Lipinski definition) is 2. The third-order valence-electron chi connectivity index (χ3n) is 2.00. The van der Waals surface area contributed by atoms with Crippen molar-refractivity contribution < 1.29 is 15.0 Å². The molecule has 0 aliphatic rings. The molecule has 1 heterocycles. The number of aryl methyl sites for hydroxylation is 2. The molecule has 0 aromatic carbocycles. The summed E-state index contributed by atoms with van der Waals surface area (Å²) < 4.78 is 1.36. The van der Waals surface area contributed by atoms with Crippen LogP contribution in [0.15, 0.2) is 6.20 Å². The van der Waals surface area contributed by atoms with Gasteiger partial charge in [-0.25, -0.2) is 4.79 Å². The van der Waals surface area contributed by atoms with Crippen molar-refractivity contribution in [1.82, 2.24) is 9.78 Å². The van der Waals surface area contributed by atoms with E-state index in [0.717, 1.165) is 0 Å². The predicted octanol–water partition coefficient (Wildman–Crippen LogP) is 0.0206. The van der Waals surface area contributed by atoms with Crippen molar-refractivity contribution in [3.63, 3.8) is 0 Å². The quantitative estimate of drug-likeness (QED) is 0.679. The highest BCUT2D eigenvalue weighted by molar-refractivity contribution is 5.78. The Morgan fingerprint density at radius 3 is 2.54 bits per heavy atom. The Labute approximate surface area is 75.6 Å². The first-order chi connectivity index (χ1) is 5.87. The van der Waals surface area contributed by atoms with Gasteiger partial charge < -0.3 is 10.2 Å². The molecule has 1 atom stereocenters. The largest absolute Gasteiger partial charge is 0.479 e. The Balaban J connectivity index is 3.28. The second-order valence-electron chi connectivity index (χ2n) is 3.18. The van der Waals surface area contributed by atoms with E-state index < -0.39 is 11.6 Å². The number of rotatable bonds is 2. The average Bonchev–Trinajstić information content (AvgIpc) is 2.30. The minimum Gasteiger partial charge on any atom is -0.479 e. The molecule has 1 unspecified atom stereocenters. The number of aliphatic hydroxyl groups is 1. The van der Waals surface area contributed by atoms with E-state index >= 15 is 0 Å². The fourth-order valence-electron chi connectivity index (χ4n) is 1.35. The summed E-state index contributed by atoms with van der Waals surface area (Å²) in [5.41, 5.74) is -0.912. The summed E-state index contributed by atoms with van der Waals surface area (Å²) in [5.74, 6) is -1.28. The van der Waals surface area contributed by atoms with E-state index in [0.29, 0.717) is 11.3 Å². The van der Waals surface area contributed by atoms with Crippen LogP contribution in [0, 0.1) is 6.92 Å². The van der Waals surface area contributed by atoms with E-state index in [4.69, 9.17) is 5.11 Å². The molecule has 0 aliphatic heterocycles. The molecule has 1 aromatic rings. The average molecular weight is 184 g/mol. The number of carbonyl (C=O) groups is 1. The second-order valence-corrected chi connectivity index (χ2v) is 3.18. The summed E-state index contributed by atoms with van der Waals surface area (Å²) >= 11 is 0. The molecule has 72 valence electrons. The summed E-state index contributed by atoms with van der Waals surface area (Å²) in [6.07, 6.45) is 1.52. The molecule has 0 saturated carbocycles. The van der Waals surface area contributed by atoms with Crippen molar-refractivity contribution in [3.05, 3.63) is 17.5 Å². The van der Waals surface area contributed by atoms with Crippen LogP contribution in [-0.4, -0.2) is 26.0 Å². The molecular formula is C8H12N2O3. The molecule has 2 N–H and O–H groups in total. The lowest BCUT2D eigenvalue weighted by Gasteiger charge is -2.19. The summed E-state index contributed by atoms with van der Waals surface area (Å²) in [6.45, 7) is 2.94. The van der Waals surface area contributed by atoms with Crippen LogP contribution in [0.5, 0.6) is 0 Å². The maximum atomic E-state index is 10.7. The zero-order valence-corrected chi connectivity index (χ0v) is 7.77. The van der Waals surface area contributed by atoms with Crippen LogP contribution in [-0.2, 0) is 17.4 Å². The molecule has 0 bridgehead atoms. The first-order valence-corrected chi connectivity index (χ1v) is 3.82. The van der Waals surface area contributed by atoms with Gasteiger partial charge in [0.2, 0.25) is 5.60 Å². The molecule has 0 radical (unpaired) electrons. The number of carboxylic acids is 1. The molecule has 0 amide bonds. The van der Waals surface area contributed by atoms with Crippen molar-refractivity contribution >= 4 is 5.97 Å². The second kappa shape index (κ2) is 2.85. The number of carboxylic acid groups (broad SMARTS) is 1. The lowest BCUT2D eigenvalue weighted by molar-refractivity contribution is -0.158. The summed E-state index contributed by atoms with van der Waals surface area (Å²) in [7, 11) is 1.60. The van der Waals surface area contributed by atoms with Crippen molar-refractivity contribution in [1.29, 1.82) is 0 Å². The molecule has 0 aliphatic carbocycles. The van der Waals surface area contributed by atoms with E-state index in [2.05, 4.69) is 5.10 Å². The SMILES string of the molecule is Cc1cnn(C)c1C(C)(O)C(=O)O. The maximum absolute atomic E-state index is 10.7. The van der Waals surface area contributed by atoms with E-state index in [1.165, 1.54) is 17.8 Å². The lowest BCUT2D eigenvalue weighted by Crippen LogP contribution is -2.34. The monoisotopic (exact) mass is 184 g/mol. The van der Waals surface area contributed by atoms with Crippen molar-refractivity contribution in [2.45, 2.75) is 19.4 Å². The molecule has 1 aromatic heterocycles. The number of nitrogens with zero attached hydrogens (tertiary/aromatic N) is 2. The van der Waals surface area contributed by atoms with Gasteiger partial charge in [-0.3, -0.25) is 4.68 Å². The van der Waals surface area contributed by atoms with Crippen LogP contribution < -0.4 is 0 Å². The molecule has 13 heavy (non-hydrogen) atoms. The number of hydrogen-bond acceptors (Lipinski definition) is 3. The molecule has 5 heteroatoms. The Bertz CT molecular complexity index is 322. The fourth-order valence-corrected chi connectivity index (χ4v) is 1.35. The predicted molar refractivity (Wildman–Crippen MR) is 45.2 cm³/mol. The third kappa shape index (κ3) is 1.42. The van der Waals surface area contributed by atoms with Crippen LogP contribution in [0.25, 0.3) is 0 Å². The Morgan fingerprint density at radius 1 is 1.69 bits per heavy atom. The van der Waals surface area contributed by atoms with Gasteiger partial charge in [-0.1, -0.05) is 0 Å². The van der Waals surface area contributed by atoms with E-state index in [1.54, 1.807) is 14.0 Å². The molecule has 5 nitrogen and oxygen atoms in total. The Morgan fingerprint density at radius 2 is 2.23 bits per heavy atom. The van der Waals surface area contributed by atoms with Crippen LogP contribution >= 0.6 is 0 Å². The highest BCUT2D eigenvalue weighted by Crippen LogP contribution is 2.23. The van der Waals surface area contributed by atoms with Gasteiger partial charge in [0.25, 0.3) is 0 Å². The summed E-state index contributed by atoms with van der Waals surface area (Å²) in [5, 5.41) is 22.3. The van der Waals surface area contributed by atoms with Crippen LogP contribution in [0.2, 0.25) is 0 Å². The Kier molecular flexibility index (Phi) is 2.13. The topological polar surface area (TPSA) is 75.3 Å². The van der Waals surface area contributed by atoms with Crippen molar-refractivity contribution in [3.8, 4) is 0 Å². The van der Waals surface area contributed by atoms with Gasteiger partial charge in [-0.2, -0.15) is 5.10 Å². The molecule has 0 fully saturated rings. The van der Waals surface area contributed by atoms with Gasteiger partial charge in [-0.05, 0) is 19.4 Å². The molecule has 0 spiro atoms. The maximum Gasteiger partial charge on any atom is 0.341 e. The molecular weight excluding hydrogens is 172 g/mol. The van der Waals surface area contributed by atoms with E-state index in [9.17, 15) is 9.90 Å². The van der Waals surface area contributed by atoms with Gasteiger partial charge in [0.05, 0.1) is 11.9 Å². The molecule has 1 rings (SSSR count). The summed E-state index contributed by atoms with van der Waals surface area (Å²) in [6, 6.07) is 0. The van der Waals surface area contributed by atoms with Gasteiger partial charge in [-0.15, -0.1) is 0 Å². The van der Waals surface area contributed by atoms with E-state index in [-0.39, 0.29) is 0 Å². The number of aliphatic carboxylic acids is 1. The van der Waals surface area contributed by atoms with Gasteiger partial charge in [0.1, 0.15) is 0 Å². The minimum absolute atomic E-state index is 0.306. The highest BCUT2D eigenvalue weighted by Gasteiger charge is 2.36. The standard InChI is InChI=1S/C8H12N2O3/c1-5-4-9-10(3)6(5)8(2,13)7(11)12/h4,13H,1-3H3,(H,11,12). The zero-order valence-electron chi connectivity index (χ0n) is 7.77. The van der Waals surface area contributed by atoms with Gasteiger partial charge in [0, 0.05) is 7.05 Å². The van der Waals surface area contributed by atoms with Gasteiger partial charge >= 0.3 is 5.97 Å².